The van der Waals surface area contributed by atoms with E-state index in [1.165, 1.54) is 31.6 Å². The van der Waals surface area contributed by atoms with Gasteiger partial charge in [-0.2, -0.15) is 0 Å². The van der Waals surface area contributed by atoms with Crippen molar-refractivity contribution in [3.8, 4) is 17.1 Å². The maximum absolute atomic E-state index is 14.4. The van der Waals surface area contributed by atoms with Crippen LogP contribution in [0.15, 0.2) is 51.8 Å². The number of guanidine groups is 1. The molecule has 0 radical (unpaired) electrons. The number of rotatable bonds is 6. The minimum absolute atomic E-state index is 0.241. The normalized spacial score (nSPS) is 26.7. The Morgan fingerprint density at radius 2 is 2.08 bits per heavy atom. The highest BCUT2D eigenvalue weighted by molar-refractivity contribution is 6.02. The monoisotopic (exact) mass is 527 g/mol. The van der Waals surface area contributed by atoms with Crippen molar-refractivity contribution in [2.24, 2.45) is 15.7 Å². The van der Waals surface area contributed by atoms with Crippen LogP contribution in [0.3, 0.4) is 0 Å². The van der Waals surface area contributed by atoms with Gasteiger partial charge in [-0.15, -0.1) is 0 Å². The van der Waals surface area contributed by atoms with Crippen molar-refractivity contribution in [1.29, 1.82) is 0 Å². The first kappa shape index (κ1) is 25.5. The van der Waals surface area contributed by atoms with Crippen LogP contribution in [0.1, 0.15) is 24.9 Å². The number of cyclic esters (lactones) is 1. The van der Waals surface area contributed by atoms with Crippen molar-refractivity contribution >= 4 is 17.8 Å². The Balaban J connectivity index is 1.48. The molecule has 13 nitrogen and oxygen atoms in total. The largest absolute Gasteiger partial charge is 0.480 e. The highest BCUT2D eigenvalue weighted by atomic mass is 19.1. The number of amidine groups is 1. The van der Waals surface area contributed by atoms with Crippen LogP contribution >= 0.6 is 0 Å². The molecule has 6 N–H and O–H groups in total. The zero-order chi connectivity index (χ0) is 27.0. The molecule has 1 aromatic carbocycles. The third-order valence-electron chi connectivity index (χ3n) is 6.44. The number of esters is 1. The number of fused-ring (bicyclic) bond motifs is 1. The van der Waals surface area contributed by atoms with Crippen LogP contribution in [0.5, 0.6) is 5.88 Å². The number of carbonyl (C=O) groups is 1. The summed E-state index contributed by atoms with van der Waals surface area (Å²) in [5.74, 6) is -0.547. The van der Waals surface area contributed by atoms with Crippen LogP contribution < -0.4 is 21.3 Å². The number of carbonyl (C=O) groups excluding carboxylic acids is 1. The number of aliphatic imine (C=N–C) groups is 2. The number of halogens is 1. The number of hydrogen-bond acceptors (Lipinski definition) is 13. The number of hydroxylamine groups is 1. The van der Waals surface area contributed by atoms with Crippen molar-refractivity contribution in [2.75, 3.05) is 13.7 Å². The topological polar surface area (TPSA) is 186 Å². The van der Waals surface area contributed by atoms with Gasteiger partial charge in [0.05, 0.1) is 37.3 Å². The van der Waals surface area contributed by atoms with Gasteiger partial charge < -0.3 is 30.7 Å². The summed E-state index contributed by atoms with van der Waals surface area (Å²) in [5.41, 5.74) is 11.7. The molecule has 38 heavy (non-hydrogen) atoms. The lowest BCUT2D eigenvalue weighted by atomic mass is 9.87. The summed E-state index contributed by atoms with van der Waals surface area (Å²) in [4.78, 5) is 34.9. The number of allylic oxidation sites excluding steroid dienone is 1. The van der Waals surface area contributed by atoms with Crippen LogP contribution in [0, 0.1) is 5.82 Å². The summed E-state index contributed by atoms with van der Waals surface area (Å²) in [6.07, 6.45) is -0.749. The highest BCUT2D eigenvalue weighted by Crippen LogP contribution is 2.38. The van der Waals surface area contributed by atoms with Crippen molar-refractivity contribution in [1.82, 2.24) is 20.8 Å². The molecule has 5 atom stereocenters. The molecule has 1 fully saturated rings. The quantitative estimate of drug-likeness (QED) is 0.249. The molecule has 3 aliphatic heterocycles. The van der Waals surface area contributed by atoms with E-state index in [2.05, 4.69) is 25.8 Å². The number of ether oxygens (including phenoxy) is 2. The molecular formula is C24H26FN7O6. The van der Waals surface area contributed by atoms with Crippen molar-refractivity contribution in [3.05, 3.63) is 53.2 Å². The van der Waals surface area contributed by atoms with Gasteiger partial charge in [0, 0.05) is 23.3 Å². The molecule has 2 aromatic rings. The fourth-order valence-corrected chi connectivity index (χ4v) is 4.62. The van der Waals surface area contributed by atoms with E-state index in [4.69, 9.17) is 25.0 Å². The summed E-state index contributed by atoms with van der Waals surface area (Å²) >= 11 is 0. The molecule has 0 saturated carbocycles. The van der Waals surface area contributed by atoms with E-state index in [9.17, 15) is 19.4 Å². The van der Waals surface area contributed by atoms with Gasteiger partial charge in [-0.3, -0.25) is 14.8 Å². The molecule has 1 saturated heterocycles. The van der Waals surface area contributed by atoms with Gasteiger partial charge in [0.1, 0.15) is 18.5 Å². The molecule has 200 valence electrons. The van der Waals surface area contributed by atoms with Gasteiger partial charge in [0.15, 0.2) is 24.0 Å². The second-order valence-corrected chi connectivity index (χ2v) is 8.93. The number of nitrogens with zero attached hydrogens (tertiary/aromatic N) is 4. The van der Waals surface area contributed by atoms with E-state index in [-0.39, 0.29) is 18.4 Å². The molecule has 1 aromatic heterocycles. The lowest BCUT2D eigenvalue weighted by molar-refractivity contribution is -0.149. The van der Waals surface area contributed by atoms with Crippen LogP contribution in [0.2, 0.25) is 0 Å². The zero-order valence-corrected chi connectivity index (χ0v) is 20.5. The van der Waals surface area contributed by atoms with Crippen LogP contribution in [-0.4, -0.2) is 76.0 Å². The average molecular weight is 528 g/mol. The lowest BCUT2D eigenvalue weighted by Gasteiger charge is -2.33. The van der Waals surface area contributed by atoms with Crippen molar-refractivity contribution in [3.63, 3.8) is 0 Å². The summed E-state index contributed by atoms with van der Waals surface area (Å²) in [5, 5.41) is 22.6. The lowest BCUT2D eigenvalue weighted by Crippen LogP contribution is -2.45. The van der Waals surface area contributed by atoms with E-state index < -0.39 is 42.2 Å². The number of aliphatic hydroxyl groups excluding tert-OH is 2. The molecule has 4 heterocycles. The molecule has 0 amide bonds. The second kappa shape index (κ2) is 10.3. The third-order valence-corrected chi connectivity index (χ3v) is 6.44. The highest BCUT2D eigenvalue weighted by Gasteiger charge is 2.43. The van der Waals surface area contributed by atoms with Gasteiger partial charge in [-0.05, 0) is 24.6 Å². The van der Waals surface area contributed by atoms with E-state index in [1.54, 1.807) is 6.07 Å². The maximum atomic E-state index is 14.4. The number of methoxy groups -OCH3 is 1. The number of aromatic nitrogens is 2. The molecular weight excluding hydrogens is 501 g/mol. The predicted octanol–water partition coefficient (Wildman–Crippen LogP) is -0.136. The van der Waals surface area contributed by atoms with Crippen LogP contribution in [0.4, 0.5) is 4.39 Å². The first-order valence-corrected chi connectivity index (χ1v) is 11.7. The fourth-order valence-electron chi connectivity index (χ4n) is 4.62. The van der Waals surface area contributed by atoms with Gasteiger partial charge in [0.25, 0.3) is 0 Å². The van der Waals surface area contributed by atoms with E-state index in [0.29, 0.717) is 40.3 Å². The summed E-state index contributed by atoms with van der Waals surface area (Å²) < 4.78 is 24.5. The van der Waals surface area contributed by atoms with E-state index >= 15 is 0 Å². The van der Waals surface area contributed by atoms with Gasteiger partial charge in [-0.1, -0.05) is 6.07 Å². The Bertz CT molecular complexity index is 1350. The summed E-state index contributed by atoms with van der Waals surface area (Å²) in [6, 6.07) is 3.40. The average Bonchev–Trinajstić information content (AvgIpc) is 3.14. The Hall–Kier alpha value is -4.14. The Morgan fingerprint density at radius 1 is 1.26 bits per heavy atom. The molecule has 4 unspecified atom stereocenters. The SMILES string of the molecule is COc1cncc(-c2cc(F)ccc2[C@H]2CC3N=C(N)NC(C)=C3C(NOCC3OC(=O)C(O)C3O)=N2)n1. The predicted molar refractivity (Wildman–Crippen MR) is 131 cm³/mol. The minimum atomic E-state index is -1.63. The van der Waals surface area contributed by atoms with Crippen molar-refractivity contribution in [2.45, 2.75) is 43.7 Å². The Labute approximate surface area is 216 Å². The second-order valence-electron chi connectivity index (χ2n) is 8.93. The third kappa shape index (κ3) is 4.88. The first-order valence-electron chi connectivity index (χ1n) is 11.7. The first-order chi connectivity index (χ1) is 18.2. The summed E-state index contributed by atoms with van der Waals surface area (Å²) in [7, 11) is 1.46. The van der Waals surface area contributed by atoms with Gasteiger partial charge >= 0.3 is 5.97 Å². The summed E-state index contributed by atoms with van der Waals surface area (Å²) in [6.45, 7) is 1.56. The van der Waals surface area contributed by atoms with Gasteiger partial charge in [0.2, 0.25) is 5.88 Å². The van der Waals surface area contributed by atoms with Crippen LogP contribution in [0.25, 0.3) is 11.3 Å². The molecule has 5 rings (SSSR count). The number of benzene rings is 1. The zero-order valence-electron chi connectivity index (χ0n) is 20.5. The standard InChI is InChI=1S/C24H26FN7O6/c1-10-19-15(31-24(26)28-10)6-14(30-22(19)32-37-9-17-20(33)21(34)23(35)38-17)12-4-3-11(25)5-13(12)16-7-27-8-18(29-16)36-2/h3-5,7-8,14-15,17,20-21,33-34H,6,9H2,1-2H3,(H,30,32)(H3,26,28,31)/t14-,15?,17?,20?,21?/m1/s1. The van der Waals surface area contributed by atoms with E-state index in [0.717, 1.165) is 0 Å². The number of hydrogen-bond donors (Lipinski definition) is 5. The van der Waals surface area contributed by atoms with E-state index in [1.807, 2.05) is 6.92 Å². The smallest absolute Gasteiger partial charge is 0.338 e. The number of aliphatic hydroxyl groups is 2. The van der Waals surface area contributed by atoms with Crippen LogP contribution in [-0.2, 0) is 14.4 Å². The molecule has 3 aliphatic rings. The van der Waals surface area contributed by atoms with Gasteiger partial charge in [-0.25, -0.2) is 24.6 Å². The molecule has 0 bridgehead atoms. The fraction of sp³-hybridized carbons (Fsp3) is 0.375. The van der Waals surface area contributed by atoms with Crippen molar-refractivity contribution < 1.29 is 33.7 Å². The minimum Gasteiger partial charge on any atom is -0.480 e. The Morgan fingerprint density at radius 3 is 2.82 bits per heavy atom. The molecule has 14 heteroatoms. The molecule has 0 aliphatic carbocycles. The number of nitrogens with one attached hydrogen (secondary N) is 2. The molecule has 0 spiro atoms. The maximum Gasteiger partial charge on any atom is 0.338 e. The Kier molecular flexibility index (Phi) is 6.93. The number of nitrogens with two attached hydrogens (primary N) is 1.